The van der Waals surface area contributed by atoms with Crippen LogP contribution in [-0.2, 0) is 9.59 Å². The number of hydrogen-bond acceptors (Lipinski definition) is 3. The van der Waals surface area contributed by atoms with Gasteiger partial charge in [-0.25, -0.2) is 4.79 Å². The third-order valence-electron chi connectivity index (χ3n) is 5.99. The average molecular weight is 371 g/mol. The fraction of sp³-hybridized carbons (Fsp3) is 0.571. The lowest BCUT2D eigenvalue weighted by Gasteiger charge is -2.36. The predicted octanol–water partition coefficient (Wildman–Crippen LogP) is 3.56. The van der Waals surface area contributed by atoms with Crippen LogP contribution < -0.4 is 10.6 Å². The zero-order valence-corrected chi connectivity index (χ0v) is 16.6. The summed E-state index contributed by atoms with van der Waals surface area (Å²) >= 11 is 0. The number of benzene rings is 1. The molecule has 6 heteroatoms. The van der Waals surface area contributed by atoms with Crippen LogP contribution in [0.25, 0.3) is 0 Å². The zero-order chi connectivity index (χ0) is 19.8. The summed E-state index contributed by atoms with van der Waals surface area (Å²) in [5, 5.41) is 5.80. The minimum atomic E-state index is -0.832. The molecule has 2 atom stereocenters. The van der Waals surface area contributed by atoms with E-state index < -0.39 is 11.6 Å². The Morgan fingerprint density at radius 3 is 2.74 bits per heavy atom. The Morgan fingerprint density at radius 2 is 2.07 bits per heavy atom. The van der Waals surface area contributed by atoms with E-state index in [2.05, 4.69) is 24.5 Å². The van der Waals surface area contributed by atoms with Gasteiger partial charge < -0.3 is 10.6 Å². The molecular weight excluding hydrogens is 342 g/mol. The van der Waals surface area contributed by atoms with Crippen molar-refractivity contribution in [3.63, 3.8) is 0 Å². The first-order valence-corrected chi connectivity index (χ1v) is 9.79. The molecule has 1 aromatic rings. The lowest BCUT2D eigenvalue weighted by Crippen LogP contribution is -2.54. The van der Waals surface area contributed by atoms with Gasteiger partial charge in [-0.3, -0.25) is 14.5 Å². The number of nitrogens with one attached hydrogen (secondary N) is 2. The number of urea groups is 1. The van der Waals surface area contributed by atoms with Gasteiger partial charge in [0.05, 0.1) is 0 Å². The summed E-state index contributed by atoms with van der Waals surface area (Å²) in [6.45, 7) is 7.81. The first-order chi connectivity index (χ1) is 12.8. The quantitative estimate of drug-likeness (QED) is 0.795. The molecule has 1 aliphatic carbocycles. The third kappa shape index (κ3) is 3.45. The van der Waals surface area contributed by atoms with Crippen LogP contribution >= 0.6 is 0 Å². The second-order valence-electron chi connectivity index (χ2n) is 8.18. The first kappa shape index (κ1) is 19.4. The van der Waals surface area contributed by atoms with Crippen molar-refractivity contribution in [2.75, 3.05) is 11.9 Å². The van der Waals surface area contributed by atoms with E-state index >= 15 is 0 Å². The SMILES string of the molecule is Cc1cccc(C(C)C)c1NC(=O)CN1C(=O)N[C@@]2(CCCC[C@H]2C)C1=O. The van der Waals surface area contributed by atoms with Gasteiger partial charge in [0.15, 0.2) is 0 Å². The minimum Gasteiger partial charge on any atom is -0.324 e. The fourth-order valence-electron chi connectivity index (χ4n) is 4.30. The number of imide groups is 1. The summed E-state index contributed by atoms with van der Waals surface area (Å²) in [4.78, 5) is 39.2. The Labute approximate surface area is 160 Å². The Balaban J connectivity index is 1.76. The Hall–Kier alpha value is -2.37. The van der Waals surface area contributed by atoms with E-state index in [-0.39, 0.29) is 30.2 Å². The highest BCUT2D eigenvalue weighted by Gasteiger charge is 2.55. The highest BCUT2D eigenvalue weighted by Crippen LogP contribution is 2.38. The molecule has 0 aromatic heterocycles. The van der Waals surface area contributed by atoms with Crippen LogP contribution in [-0.4, -0.2) is 34.8 Å². The van der Waals surface area contributed by atoms with E-state index in [1.54, 1.807) is 0 Å². The molecule has 2 fully saturated rings. The van der Waals surface area contributed by atoms with Crippen molar-refractivity contribution in [3.05, 3.63) is 29.3 Å². The molecule has 4 amide bonds. The monoisotopic (exact) mass is 371 g/mol. The number of anilines is 1. The van der Waals surface area contributed by atoms with Crippen LogP contribution in [0.15, 0.2) is 18.2 Å². The van der Waals surface area contributed by atoms with Gasteiger partial charge in [0.25, 0.3) is 5.91 Å². The van der Waals surface area contributed by atoms with Crippen molar-refractivity contribution in [2.45, 2.75) is 64.8 Å². The second-order valence-corrected chi connectivity index (χ2v) is 8.18. The molecule has 1 spiro atoms. The number of rotatable bonds is 4. The largest absolute Gasteiger partial charge is 0.325 e. The maximum absolute atomic E-state index is 13.0. The smallest absolute Gasteiger partial charge is 0.324 e. The molecule has 1 heterocycles. The highest BCUT2D eigenvalue weighted by molar-refractivity contribution is 6.10. The second kappa shape index (κ2) is 7.33. The van der Waals surface area contributed by atoms with Crippen molar-refractivity contribution < 1.29 is 14.4 Å². The molecule has 0 bridgehead atoms. The van der Waals surface area contributed by atoms with E-state index in [4.69, 9.17) is 0 Å². The van der Waals surface area contributed by atoms with Crippen molar-refractivity contribution in [2.24, 2.45) is 5.92 Å². The van der Waals surface area contributed by atoms with E-state index in [9.17, 15) is 14.4 Å². The van der Waals surface area contributed by atoms with Crippen LogP contribution in [0.3, 0.4) is 0 Å². The van der Waals surface area contributed by atoms with Gasteiger partial charge in [0.2, 0.25) is 5.91 Å². The number of nitrogens with zero attached hydrogens (tertiary/aromatic N) is 1. The maximum atomic E-state index is 13.0. The van der Waals surface area contributed by atoms with Gasteiger partial charge in [0, 0.05) is 5.69 Å². The predicted molar refractivity (Wildman–Crippen MR) is 105 cm³/mol. The number of carbonyl (C=O) groups is 3. The van der Waals surface area contributed by atoms with Crippen LogP contribution in [0.5, 0.6) is 0 Å². The Kier molecular flexibility index (Phi) is 5.27. The molecule has 1 aliphatic heterocycles. The first-order valence-electron chi connectivity index (χ1n) is 9.79. The molecule has 2 N–H and O–H groups in total. The lowest BCUT2D eigenvalue weighted by atomic mass is 9.73. The van der Waals surface area contributed by atoms with E-state index in [1.807, 2.05) is 32.0 Å². The van der Waals surface area contributed by atoms with Gasteiger partial charge in [-0.1, -0.05) is 51.8 Å². The van der Waals surface area contributed by atoms with Gasteiger partial charge in [-0.15, -0.1) is 0 Å². The molecule has 146 valence electrons. The molecule has 1 aromatic carbocycles. The van der Waals surface area contributed by atoms with Crippen LogP contribution in [0.4, 0.5) is 10.5 Å². The number of amides is 4. The van der Waals surface area contributed by atoms with E-state index in [0.29, 0.717) is 6.42 Å². The summed E-state index contributed by atoms with van der Waals surface area (Å²) in [5.41, 5.74) is 1.94. The van der Waals surface area contributed by atoms with E-state index in [0.717, 1.165) is 41.0 Å². The molecule has 27 heavy (non-hydrogen) atoms. The van der Waals surface area contributed by atoms with Gasteiger partial charge in [-0.05, 0) is 42.7 Å². The summed E-state index contributed by atoms with van der Waals surface area (Å²) in [5.74, 6) is -0.276. The van der Waals surface area contributed by atoms with Crippen LogP contribution in [0.1, 0.15) is 63.5 Å². The van der Waals surface area contributed by atoms with Crippen molar-refractivity contribution in [1.82, 2.24) is 10.2 Å². The number of para-hydroxylation sites is 1. The highest BCUT2D eigenvalue weighted by atomic mass is 16.2. The topological polar surface area (TPSA) is 78.5 Å². The molecule has 0 unspecified atom stereocenters. The molecule has 1 saturated carbocycles. The summed E-state index contributed by atoms with van der Waals surface area (Å²) < 4.78 is 0. The summed E-state index contributed by atoms with van der Waals surface area (Å²) in [7, 11) is 0. The Bertz CT molecular complexity index is 774. The molecule has 2 aliphatic rings. The average Bonchev–Trinajstić information content (AvgIpc) is 2.84. The minimum absolute atomic E-state index is 0.0830. The van der Waals surface area contributed by atoms with Gasteiger partial charge >= 0.3 is 6.03 Å². The third-order valence-corrected chi connectivity index (χ3v) is 5.99. The maximum Gasteiger partial charge on any atom is 0.325 e. The van der Waals surface area contributed by atoms with Crippen molar-refractivity contribution >= 4 is 23.5 Å². The normalized spacial score (nSPS) is 25.2. The van der Waals surface area contributed by atoms with E-state index in [1.165, 1.54) is 0 Å². The van der Waals surface area contributed by atoms with Crippen molar-refractivity contribution in [1.29, 1.82) is 0 Å². The molecule has 1 saturated heterocycles. The Morgan fingerprint density at radius 1 is 1.33 bits per heavy atom. The van der Waals surface area contributed by atoms with Crippen LogP contribution in [0.2, 0.25) is 0 Å². The number of aryl methyl sites for hydroxylation is 1. The molecular formula is C21H29N3O3. The summed E-state index contributed by atoms with van der Waals surface area (Å²) in [6, 6.07) is 5.43. The number of carbonyl (C=O) groups excluding carboxylic acids is 3. The summed E-state index contributed by atoms with van der Waals surface area (Å²) in [6.07, 6.45) is 3.54. The lowest BCUT2D eigenvalue weighted by molar-refractivity contribution is -0.136. The van der Waals surface area contributed by atoms with Crippen molar-refractivity contribution in [3.8, 4) is 0 Å². The standard InChI is InChI=1S/C21H29N3O3/c1-13(2)16-10-7-8-14(3)18(16)22-17(25)12-24-19(26)21(23-20(24)27)11-6-5-9-15(21)4/h7-8,10,13,15H,5-6,9,11-12H2,1-4H3,(H,22,25)(H,23,27)/t15-,21-/m1/s1. The molecule has 3 rings (SSSR count). The van der Waals surface area contributed by atoms with Gasteiger partial charge in [0.1, 0.15) is 12.1 Å². The zero-order valence-electron chi connectivity index (χ0n) is 16.6. The molecule has 6 nitrogen and oxygen atoms in total. The van der Waals surface area contributed by atoms with Crippen LogP contribution in [0, 0.1) is 12.8 Å². The number of hydrogen-bond donors (Lipinski definition) is 2. The van der Waals surface area contributed by atoms with Gasteiger partial charge in [-0.2, -0.15) is 0 Å². The fourth-order valence-corrected chi connectivity index (χ4v) is 4.30. The molecule has 0 radical (unpaired) electrons.